The summed E-state index contributed by atoms with van der Waals surface area (Å²) in [6.07, 6.45) is 4.59. The number of aliphatic hydroxyl groups is 1. The van der Waals surface area contributed by atoms with Gasteiger partial charge in [0.05, 0.1) is 0 Å². The van der Waals surface area contributed by atoms with Gasteiger partial charge in [-0.25, -0.2) is 0 Å². The quantitative estimate of drug-likeness (QED) is 0.412. The largest absolute Gasteiger partial charge is 0.382 e. The SMILES string of the molecule is C=CC[C@@]1(O)CCCC[C@H]1[N+](=O)[O-]. The second-order valence-electron chi connectivity index (χ2n) is 3.64. The minimum atomic E-state index is -1.15. The molecule has 0 radical (unpaired) electrons. The maximum atomic E-state index is 10.7. The molecule has 1 rings (SSSR count). The third kappa shape index (κ3) is 2.06. The minimum Gasteiger partial charge on any atom is -0.382 e. The van der Waals surface area contributed by atoms with Crippen LogP contribution in [-0.2, 0) is 0 Å². The molecule has 1 aliphatic rings. The molecule has 0 aromatic heterocycles. The Hall–Kier alpha value is -0.900. The summed E-state index contributed by atoms with van der Waals surface area (Å²) < 4.78 is 0. The Balaban J connectivity index is 2.76. The monoisotopic (exact) mass is 185 g/mol. The summed E-state index contributed by atoms with van der Waals surface area (Å²) in [6, 6.07) is -0.806. The van der Waals surface area contributed by atoms with E-state index in [1.807, 2.05) is 0 Å². The molecule has 13 heavy (non-hydrogen) atoms. The Labute approximate surface area is 77.4 Å². The third-order valence-corrected chi connectivity index (χ3v) is 2.71. The second kappa shape index (κ2) is 3.87. The van der Waals surface area contributed by atoms with Gasteiger partial charge in [0.1, 0.15) is 5.60 Å². The van der Waals surface area contributed by atoms with Gasteiger partial charge >= 0.3 is 0 Å². The Morgan fingerprint density at radius 1 is 1.69 bits per heavy atom. The Bertz CT molecular complexity index is 217. The number of nitrogens with zero attached hydrogens (tertiary/aromatic N) is 1. The molecule has 1 fully saturated rings. The molecule has 1 N–H and O–H groups in total. The van der Waals surface area contributed by atoms with Gasteiger partial charge in [0, 0.05) is 17.8 Å². The second-order valence-corrected chi connectivity index (χ2v) is 3.64. The van der Waals surface area contributed by atoms with Crippen LogP contribution in [0, 0.1) is 10.1 Å². The van der Waals surface area contributed by atoms with Crippen molar-refractivity contribution in [1.82, 2.24) is 0 Å². The van der Waals surface area contributed by atoms with E-state index in [4.69, 9.17) is 0 Å². The lowest BCUT2D eigenvalue weighted by Gasteiger charge is -2.33. The molecule has 0 aromatic rings. The van der Waals surface area contributed by atoms with E-state index in [-0.39, 0.29) is 4.92 Å². The van der Waals surface area contributed by atoms with Crippen LogP contribution in [0.1, 0.15) is 32.1 Å². The van der Waals surface area contributed by atoms with E-state index in [9.17, 15) is 15.2 Å². The molecule has 4 heteroatoms. The Morgan fingerprint density at radius 2 is 2.38 bits per heavy atom. The van der Waals surface area contributed by atoms with Crippen molar-refractivity contribution in [3.63, 3.8) is 0 Å². The summed E-state index contributed by atoms with van der Waals surface area (Å²) in [7, 11) is 0. The first-order chi connectivity index (χ1) is 6.10. The molecule has 0 aliphatic heterocycles. The summed E-state index contributed by atoms with van der Waals surface area (Å²) in [4.78, 5) is 10.3. The summed E-state index contributed by atoms with van der Waals surface area (Å²) in [5, 5.41) is 20.6. The van der Waals surface area contributed by atoms with Crippen molar-refractivity contribution in [1.29, 1.82) is 0 Å². The highest BCUT2D eigenvalue weighted by atomic mass is 16.6. The highest BCUT2D eigenvalue weighted by molar-refractivity contribution is 4.95. The first kappa shape index (κ1) is 10.2. The van der Waals surface area contributed by atoms with Crippen LogP contribution in [0.25, 0.3) is 0 Å². The van der Waals surface area contributed by atoms with Crippen molar-refractivity contribution in [3.05, 3.63) is 22.8 Å². The molecule has 0 saturated heterocycles. The van der Waals surface area contributed by atoms with Gasteiger partial charge in [-0.2, -0.15) is 0 Å². The summed E-state index contributed by atoms with van der Waals surface area (Å²) >= 11 is 0. The predicted octanol–water partition coefficient (Wildman–Crippen LogP) is 1.51. The summed E-state index contributed by atoms with van der Waals surface area (Å²) in [5.74, 6) is 0. The van der Waals surface area contributed by atoms with Crippen molar-refractivity contribution in [2.24, 2.45) is 0 Å². The van der Waals surface area contributed by atoms with Gasteiger partial charge in [0.25, 0.3) is 0 Å². The normalized spacial score (nSPS) is 34.1. The number of rotatable bonds is 3. The van der Waals surface area contributed by atoms with Crippen molar-refractivity contribution in [2.45, 2.75) is 43.7 Å². The van der Waals surface area contributed by atoms with Crippen molar-refractivity contribution >= 4 is 0 Å². The topological polar surface area (TPSA) is 63.4 Å². The first-order valence-corrected chi connectivity index (χ1v) is 4.57. The van der Waals surface area contributed by atoms with Crippen molar-refractivity contribution < 1.29 is 10.0 Å². The molecule has 4 nitrogen and oxygen atoms in total. The molecule has 0 heterocycles. The van der Waals surface area contributed by atoms with Gasteiger partial charge in [-0.3, -0.25) is 10.1 Å². The van der Waals surface area contributed by atoms with Crippen LogP contribution in [0.2, 0.25) is 0 Å². The average Bonchev–Trinajstić information content (AvgIpc) is 2.04. The number of hydrogen-bond acceptors (Lipinski definition) is 3. The van der Waals surface area contributed by atoms with E-state index >= 15 is 0 Å². The van der Waals surface area contributed by atoms with Crippen LogP contribution < -0.4 is 0 Å². The Kier molecular flexibility index (Phi) is 3.03. The fourth-order valence-corrected chi connectivity index (χ4v) is 1.99. The zero-order chi connectivity index (χ0) is 9.90. The fourth-order valence-electron chi connectivity index (χ4n) is 1.99. The fraction of sp³-hybridized carbons (Fsp3) is 0.778. The molecule has 0 spiro atoms. The molecule has 2 atom stereocenters. The van der Waals surface area contributed by atoms with Crippen LogP contribution in [0.5, 0.6) is 0 Å². The summed E-state index contributed by atoms with van der Waals surface area (Å²) in [5.41, 5.74) is -1.15. The summed E-state index contributed by atoms with van der Waals surface area (Å²) in [6.45, 7) is 3.51. The van der Waals surface area contributed by atoms with Gasteiger partial charge in [-0.1, -0.05) is 12.5 Å². The molecular formula is C9H15NO3. The zero-order valence-electron chi connectivity index (χ0n) is 7.61. The standard InChI is InChI=1S/C9H15NO3/c1-2-6-9(11)7-4-3-5-8(9)10(12)13/h2,8,11H,1,3-7H2/t8-,9-/m1/s1. The van der Waals surface area contributed by atoms with Crippen molar-refractivity contribution in [2.75, 3.05) is 0 Å². The van der Waals surface area contributed by atoms with E-state index in [1.165, 1.54) is 0 Å². The highest BCUT2D eigenvalue weighted by Crippen LogP contribution is 2.33. The lowest BCUT2D eigenvalue weighted by Crippen LogP contribution is -2.48. The van der Waals surface area contributed by atoms with Crippen LogP contribution in [0.4, 0.5) is 0 Å². The van der Waals surface area contributed by atoms with Gasteiger partial charge in [-0.05, 0) is 12.8 Å². The van der Waals surface area contributed by atoms with Gasteiger partial charge in [0.2, 0.25) is 6.04 Å². The maximum absolute atomic E-state index is 10.7. The van der Waals surface area contributed by atoms with Crippen LogP contribution in [-0.4, -0.2) is 21.7 Å². The zero-order valence-corrected chi connectivity index (χ0v) is 7.61. The molecule has 0 aromatic carbocycles. The predicted molar refractivity (Wildman–Crippen MR) is 49.0 cm³/mol. The number of hydrogen-bond donors (Lipinski definition) is 1. The number of nitro groups is 1. The maximum Gasteiger partial charge on any atom is 0.241 e. The van der Waals surface area contributed by atoms with Crippen LogP contribution >= 0.6 is 0 Å². The van der Waals surface area contributed by atoms with E-state index in [2.05, 4.69) is 6.58 Å². The Morgan fingerprint density at radius 3 is 2.92 bits per heavy atom. The molecule has 1 saturated carbocycles. The third-order valence-electron chi connectivity index (χ3n) is 2.71. The molecule has 74 valence electrons. The first-order valence-electron chi connectivity index (χ1n) is 4.57. The minimum absolute atomic E-state index is 0.318. The molecule has 0 amide bonds. The molecular weight excluding hydrogens is 170 g/mol. The molecule has 0 bridgehead atoms. The van der Waals surface area contributed by atoms with Gasteiger partial charge in [-0.15, -0.1) is 6.58 Å². The molecule has 0 unspecified atom stereocenters. The lowest BCUT2D eigenvalue weighted by atomic mass is 9.78. The lowest BCUT2D eigenvalue weighted by molar-refractivity contribution is -0.549. The van der Waals surface area contributed by atoms with Gasteiger partial charge in [0.15, 0.2) is 0 Å². The van der Waals surface area contributed by atoms with Crippen LogP contribution in [0.3, 0.4) is 0 Å². The average molecular weight is 185 g/mol. The van der Waals surface area contributed by atoms with E-state index in [0.717, 1.165) is 12.8 Å². The van der Waals surface area contributed by atoms with Gasteiger partial charge < -0.3 is 5.11 Å². The van der Waals surface area contributed by atoms with Crippen LogP contribution in [0.15, 0.2) is 12.7 Å². The highest BCUT2D eigenvalue weighted by Gasteiger charge is 2.45. The smallest absolute Gasteiger partial charge is 0.241 e. The van der Waals surface area contributed by atoms with Crippen molar-refractivity contribution in [3.8, 4) is 0 Å². The van der Waals surface area contributed by atoms with E-state index in [1.54, 1.807) is 6.08 Å². The van der Waals surface area contributed by atoms with E-state index in [0.29, 0.717) is 19.3 Å². The van der Waals surface area contributed by atoms with E-state index < -0.39 is 11.6 Å². The molecule has 1 aliphatic carbocycles.